The Morgan fingerprint density at radius 2 is 1.81 bits per heavy atom. The predicted octanol–water partition coefficient (Wildman–Crippen LogP) is 4.72. The molecule has 1 aliphatic heterocycles. The molecule has 0 amide bonds. The fourth-order valence-corrected chi connectivity index (χ4v) is 3.64. The molecule has 0 spiro atoms. The molecular formula is C21H14BrN3O2. The summed E-state index contributed by atoms with van der Waals surface area (Å²) in [5.41, 5.74) is 2.58. The molecule has 132 valence electrons. The molecule has 1 unspecified atom stereocenters. The highest BCUT2D eigenvalue weighted by atomic mass is 79.9. The molecule has 0 N–H and O–H groups in total. The van der Waals surface area contributed by atoms with Crippen molar-refractivity contribution in [3.05, 3.63) is 64.3 Å². The number of nitriles is 2. The van der Waals surface area contributed by atoms with E-state index in [2.05, 4.69) is 28.1 Å². The standard InChI is InChI=1S/C21H14BrN3O2/c22-16-3-5-19-14(7-16)1-4-17(25-19)9-18(15(10-23)11-24)13-2-6-20-21(8-13)27-12-26-20/h1-8,15,18H,9,12H2. The monoisotopic (exact) mass is 419 g/mol. The molecule has 0 aliphatic carbocycles. The SMILES string of the molecule is N#CC(C#N)C(Cc1ccc2cc(Br)ccc2n1)c1ccc2c(c1)OCO2. The molecule has 0 fully saturated rings. The van der Waals surface area contributed by atoms with Crippen LogP contribution in [0.5, 0.6) is 11.5 Å². The summed E-state index contributed by atoms with van der Waals surface area (Å²) < 4.78 is 11.8. The van der Waals surface area contributed by atoms with Gasteiger partial charge in [0.25, 0.3) is 0 Å². The molecule has 5 nitrogen and oxygen atoms in total. The second kappa shape index (κ2) is 7.26. The van der Waals surface area contributed by atoms with Gasteiger partial charge in [-0.3, -0.25) is 4.98 Å². The maximum atomic E-state index is 9.48. The zero-order valence-electron chi connectivity index (χ0n) is 14.2. The second-order valence-electron chi connectivity index (χ2n) is 6.30. The van der Waals surface area contributed by atoms with Gasteiger partial charge in [-0.25, -0.2) is 0 Å². The first kappa shape index (κ1) is 17.3. The van der Waals surface area contributed by atoms with Crippen molar-refractivity contribution in [2.24, 2.45) is 5.92 Å². The van der Waals surface area contributed by atoms with Gasteiger partial charge in [0.2, 0.25) is 6.79 Å². The molecule has 4 rings (SSSR count). The molecule has 0 saturated carbocycles. The van der Waals surface area contributed by atoms with E-state index in [0.717, 1.165) is 26.6 Å². The predicted molar refractivity (Wildman–Crippen MR) is 103 cm³/mol. The molecule has 1 atom stereocenters. The van der Waals surface area contributed by atoms with Crippen molar-refractivity contribution in [3.8, 4) is 23.6 Å². The largest absolute Gasteiger partial charge is 0.454 e. The van der Waals surface area contributed by atoms with Crippen LogP contribution in [0.3, 0.4) is 0 Å². The van der Waals surface area contributed by atoms with E-state index < -0.39 is 5.92 Å². The Labute approximate surface area is 164 Å². The Morgan fingerprint density at radius 3 is 2.63 bits per heavy atom. The number of hydrogen-bond donors (Lipinski definition) is 0. The normalized spacial score (nSPS) is 13.3. The number of rotatable bonds is 4. The molecule has 1 aliphatic rings. The zero-order chi connectivity index (χ0) is 18.8. The third kappa shape index (κ3) is 3.45. The summed E-state index contributed by atoms with van der Waals surface area (Å²) in [6, 6.07) is 19.6. The first-order valence-corrected chi connectivity index (χ1v) is 9.21. The maximum Gasteiger partial charge on any atom is 0.231 e. The number of halogens is 1. The molecule has 27 heavy (non-hydrogen) atoms. The summed E-state index contributed by atoms with van der Waals surface area (Å²) in [5, 5.41) is 20.0. The Morgan fingerprint density at radius 1 is 1.00 bits per heavy atom. The molecule has 1 aromatic heterocycles. The quantitative estimate of drug-likeness (QED) is 0.611. The highest BCUT2D eigenvalue weighted by Crippen LogP contribution is 2.37. The summed E-state index contributed by atoms with van der Waals surface area (Å²) in [5.74, 6) is 0.225. The Hall–Kier alpha value is -3.09. The Balaban J connectivity index is 1.71. The van der Waals surface area contributed by atoms with Gasteiger partial charge in [-0.2, -0.15) is 10.5 Å². The van der Waals surface area contributed by atoms with Gasteiger partial charge in [-0.1, -0.05) is 28.1 Å². The lowest BCUT2D eigenvalue weighted by atomic mass is 9.84. The fraction of sp³-hybridized carbons (Fsp3) is 0.190. The van der Waals surface area contributed by atoms with E-state index in [9.17, 15) is 10.5 Å². The molecule has 0 saturated heterocycles. The van der Waals surface area contributed by atoms with Crippen molar-refractivity contribution in [2.75, 3.05) is 6.79 Å². The van der Waals surface area contributed by atoms with Gasteiger partial charge >= 0.3 is 0 Å². The third-order valence-electron chi connectivity index (χ3n) is 4.64. The summed E-state index contributed by atoms with van der Waals surface area (Å²) in [6.07, 6.45) is 0.484. The van der Waals surface area contributed by atoms with Crippen molar-refractivity contribution in [1.82, 2.24) is 4.98 Å². The van der Waals surface area contributed by atoms with Gasteiger partial charge in [-0.05, 0) is 48.4 Å². The van der Waals surface area contributed by atoms with Crippen LogP contribution in [0, 0.1) is 28.6 Å². The average Bonchev–Trinajstić information content (AvgIpc) is 3.16. The number of benzene rings is 2. The molecule has 0 bridgehead atoms. The summed E-state index contributed by atoms with van der Waals surface area (Å²) >= 11 is 3.46. The van der Waals surface area contributed by atoms with E-state index in [1.807, 2.05) is 48.5 Å². The second-order valence-corrected chi connectivity index (χ2v) is 7.21. The van der Waals surface area contributed by atoms with Crippen LogP contribution in [0.25, 0.3) is 10.9 Å². The number of ether oxygens (including phenoxy) is 2. The first-order valence-electron chi connectivity index (χ1n) is 8.42. The molecule has 2 heterocycles. The maximum absolute atomic E-state index is 9.48. The van der Waals surface area contributed by atoms with Crippen molar-refractivity contribution >= 4 is 26.8 Å². The topological polar surface area (TPSA) is 78.9 Å². The lowest BCUT2D eigenvalue weighted by Gasteiger charge is -2.18. The van der Waals surface area contributed by atoms with Crippen LogP contribution in [-0.2, 0) is 6.42 Å². The number of nitrogens with zero attached hydrogens (tertiary/aromatic N) is 3. The summed E-state index contributed by atoms with van der Waals surface area (Å²) in [6.45, 7) is 0.186. The van der Waals surface area contributed by atoms with E-state index in [0.29, 0.717) is 17.9 Å². The smallest absolute Gasteiger partial charge is 0.231 e. The Kier molecular flexibility index (Phi) is 4.66. The van der Waals surface area contributed by atoms with Crippen LogP contribution in [0.15, 0.2) is 53.0 Å². The van der Waals surface area contributed by atoms with Gasteiger partial charge < -0.3 is 9.47 Å². The lowest BCUT2D eigenvalue weighted by molar-refractivity contribution is 0.174. The van der Waals surface area contributed by atoms with Crippen LogP contribution < -0.4 is 9.47 Å². The lowest BCUT2D eigenvalue weighted by Crippen LogP contribution is -2.13. The minimum atomic E-state index is -0.784. The molecular weight excluding hydrogens is 406 g/mol. The minimum Gasteiger partial charge on any atom is -0.454 e. The zero-order valence-corrected chi connectivity index (χ0v) is 15.8. The summed E-state index contributed by atoms with van der Waals surface area (Å²) in [4.78, 5) is 4.71. The van der Waals surface area contributed by atoms with E-state index in [1.165, 1.54) is 0 Å². The number of pyridine rings is 1. The molecule has 3 aromatic rings. The van der Waals surface area contributed by atoms with Crippen molar-refractivity contribution in [2.45, 2.75) is 12.3 Å². The van der Waals surface area contributed by atoms with Crippen LogP contribution in [0.4, 0.5) is 0 Å². The third-order valence-corrected chi connectivity index (χ3v) is 5.14. The fourth-order valence-electron chi connectivity index (χ4n) is 3.26. The van der Waals surface area contributed by atoms with Gasteiger partial charge in [0.15, 0.2) is 11.5 Å². The first-order chi connectivity index (χ1) is 13.2. The number of aromatic nitrogens is 1. The van der Waals surface area contributed by atoms with Crippen LogP contribution in [0.1, 0.15) is 17.2 Å². The van der Waals surface area contributed by atoms with E-state index >= 15 is 0 Å². The highest BCUT2D eigenvalue weighted by Gasteiger charge is 2.26. The number of hydrogen-bond acceptors (Lipinski definition) is 5. The van der Waals surface area contributed by atoms with Gasteiger partial charge in [0, 0.05) is 21.5 Å². The minimum absolute atomic E-state index is 0.186. The highest BCUT2D eigenvalue weighted by molar-refractivity contribution is 9.10. The van der Waals surface area contributed by atoms with Crippen molar-refractivity contribution in [1.29, 1.82) is 10.5 Å². The van der Waals surface area contributed by atoms with Gasteiger partial charge in [0.05, 0.1) is 17.7 Å². The average molecular weight is 420 g/mol. The van der Waals surface area contributed by atoms with Crippen molar-refractivity contribution < 1.29 is 9.47 Å². The van der Waals surface area contributed by atoms with Gasteiger partial charge in [0.1, 0.15) is 5.92 Å². The van der Waals surface area contributed by atoms with Crippen LogP contribution in [-0.4, -0.2) is 11.8 Å². The molecule has 0 radical (unpaired) electrons. The summed E-state index contributed by atoms with van der Waals surface area (Å²) in [7, 11) is 0. The van der Waals surface area contributed by atoms with Crippen molar-refractivity contribution in [3.63, 3.8) is 0 Å². The van der Waals surface area contributed by atoms with E-state index in [-0.39, 0.29) is 12.7 Å². The van der Waals surface area contributed by atoms with Crippen LogP contribution in [0.2, 0.25) is 0 Å². The van der Waals surface area contributed by atoms with Crippen LogP contribution >= 0.6 is 15.9 Å². The molecule has 6 heteroatoms. The number of fused-ring (bicyclic) bond motifs is 2. The molecule has 2 aromatic carbocycles. The van der Waals surface area contributed by atoms with Gasteiger partial charge in [-0.15, -0.1) is 0 Å². The van der Waals surface area contributed by atoms with E-state index in [4.69, 9.17) is 14.5 Å². The van der Waals surface area contributed by atoms with E-state index in [1.54, 1.807) is 0 Å². The Bertz CT molecular complexity index is 1090.